The third kappa shape index (κ3) is 15.0. The second-order valence-corrected chi connectivity index (χ2v) is 38.6. The lowest BCUT2D eigenvalue weighted by Gasteiger charge is -2.46. The molecule has 0 fully saturated rings. The van der Waals surface area contributed by atoms with Gasteiger partial charge in [-0.2, -0.15) is 0 Å². The lowest BCUT2D eigenvalue weighted by Crippen LogP contribution is -2.61. The maximum Gasteiger partial charge on any atom is 0.252 e. The van der Waals surface area contributed by atoms with Gasteiger partial charge in [-0.1, -0.05) is 327 Å². The van der Waals surface area contributed by atoms with Gasteiger partial charge in [0, 0.05) is 91.6 Å². The summed E-state index contributed by atoms with van der Waals surface area (Å²) < 4.78 is 261. The fraction of sp³-hybridized carbons (Fsp3) is 0.297. The lowest BCUT2D eigenvalue weighted by atomic mass is 9.33. The lowest BCUT2D eigenvalue weighted by molar-refractivity contribution is 0.411. The molecule has 0 N–H and O–H groups in total. The normalized spacial score (nSPS) is 17.3. The van der Waals surface area contributed by atoms with Crippen molar-refractivity contribution in [3.63, 3.8) is 0 Å². The van der Waals surface area contributed by atoms with Crippen LogP contribution in [0.15, 0.2) is 267 Å². The quantitative estimate of drug-likeness (QED) is 0.107. The van der Waals surface area contributed by atoms with Crippen molar-refractivity contribution in [1.82, 2.24) is 9.13 Å². The van der Waals surface area contributed by atoms with Crippen LogP contribution in [0, 0.1) is 27.1 Å². The smallest absolute Gasteiger partial charge is 0.252 e. The molecule has 0 spiro atoms. The molecule has 0 radical (unpaired) electrons. The minimum Gasteiger partial charge on any atom is -0.310 e. The van der Waals surface area contributed by atoms with E-state index in [-0.39, 0.29) is 83.3 Å². The van der Waals surface area contributed by atoms with Gasteiger partial charge in [-0.3, -0.25) is 0 Å². The van der Waals surface area contributed by atoms with Gasteiger partial charge in [0.05, 0.1) is 55.4 Å². The molecule has 2 aliphatic heterocycles. The van der Waals surface area contributed by atoms with Gasteiger partial charge in [-0.15, -0.1) is 0 Å². The van der Waals surface area contributed by atoms with Gasteiger partial charge >= 0.3 is 0 Å². The maximum absolute atomic E-state index is 11.2. The Hall–Kier alpha value is -10.9. The number of hydrogen-bond donors (Lipinski definition) is 0. The first-order valence-electron chi connectivity index (χ1n) is 53.3. The number of aromatic nitrogens is 2. The Bertz CT molecular complexity index is 7130. The van der Waals surface area contributed by atoms with Crippen LogP contribution in [-0.4, -0.2) is 15.8 Å². The summed E-state index contributed by atoms with van der Waals surface area (Å²) in [5.74, 6) is 0. The Morgan fingerprint density at radius 1 is 0.284 bits per heavy atom. The molecule has 17 rings (SSSR count). The molecule has 0 saturated heterocycles. The van der Waals surface area contributed by atoms with Crippen LogP contribution in [0.25, 0.3) is 99.5 Å². The van der Waals surface area contributed by atoms with Gasteiger partial charge in [0.15, 0.2) is 0 Å². The monoisotopic (exact) mass is 1540 g/mol. The molecule has 4 nitrogen and oxygen atoms in total. The number of rotatable bonds is 13. The van der Waals surface area contributed by atoms with Gasteiger partial charge in [0.2, 0.25) is 0 Å². The van der Waals surface area contributed by atoms with Crippen molar-refractivity contribution in [1.29, 1.82) is 0 Å². The van der Waals surface area contributed by atoms with Crippen molar-refractivity contribution < 1.29 is 35.6 Å². The Labute approximate surface area is 728 Å². The van der Waals surface area contributed by atoms with E-state index in [1.165, 1.54) is 9.13 Å². The Kier molecular flexibility index (Phi) is 12.9. The predicted molar refractivity (Wildman–Crippen MR) is 504 cm³/mol. The molecule has 0 saturated carbocycles. The van der Waals surface area contributed by atoms with Gasteiger partial charge in [-0.05, 0) is 232 Å². The molecule has 2 aromatic heterocycles. The first-order chi connectivity index (χ1) is 65.4. The third-order valence-corrected chi connectivity index (χ3v) is 21.3. The molecule has 0 amide bonds. The molecule has 0 bridgehead atoms. The topological polar surface area (TPSA) is 16.3 Å². The molecule has 116 heavy (non-hydrogen) atoms. The van der Waals surface area contributed by atoms with Crippen molar-refractivity contribution in [2.75, 3.05) is 9.80 Å². The molecule has 0 atom stereocenters. The van der Waals surface area contributed by atoms with E-state index in [4.69, 9.17) is 0 Å². The summed E-state index contributed by atoms with van der Waals surface area (Å²) in [7, 11) is 0. The fourth-order valence-corrected chi connectivity index (χ4v) is 16.9. The molecular weight excluding hydrogens is 1400 g/mol. The zero-order valence-electron chi connectivity index (χ0n) is 96.5. The van der Waals surface area contributed by atoms with Crippen molar-refractivity contribution in [2.45, 2.75) is 188 Å². The molecule has 4 heterocycles. The summed E-state index contributed by atoms with van der Waals surface area (Å²) in [4.78, 5) is 4.05. The molecule has 13 aromatic carbocycles. The minimum atomic E-state index is -2.44. The van der Waals surface area contributed by atoms with Crippen LogP contribution in [0.1, 0.15) is 220 Å². The summed E-state index contributed by atoms with van der Waals surface area (Å²) in [6.07, 6.45) is -10.6. The van der Waals surface area contributed by atoms with E-state index in [0.29, 0.717) is 94.5 Å². The van der Waals surface area contributed by atoms with Crippen LogP contribution in [0.5, 0.6) is 0 Å². The number of para-hydroxylation sites is 4. The number of nitrogens with zero attached hydrogens (tertiary/aromatic N) is 4. The Morgan fingerprint density at radius 3 is 0.819 bits per heavy atom. The van der Waals surface area contributed by atoms with E-state index in [9.17, 15) is 35.6 Å². The van der Waals surface area contributed by atoms with Crippen LogP contribution in [0.2, 0.25) is 0 Å². The van der Waals surface area contributed by atoms with Crippen LogP contribution in [0.3, 0.4) is 0 Å². The van der Waals surface area contributed by atoms with Crippen molar-refractivity contribution in [3.05, 3.63) is 305 Å². The predicted octanol–water partition coefficient (Wildman–Crippen LogP) is 29.2. The molecule has 2 aliphatic rings. The second kappa shape index (κ2) is 28.5. The third-order valence-electron chi connectivity index (χ3n) is 21.3. The highest BCUT2D eigenvalue weighted by Crippen LogP contribution is 2.56. The van der Waals surface area contributed by atoms with E-state index in [2.05, 4.69) is 65.8 Å². The summed E-state index contributed by atoms with van der Waals surface area (Å²) in [5.41, 5.74) is 2.27. The van der Waals surface area contributed by atoms with Crippen LogP contribution < -0.4 is 26.2 Å². The van der Waals surface area contributed by atoms with Crippen molar-refractivity contribution in [2.24, 2.45) is 27.1 Å². The second-order valence-electron chi connectivity index (χ2n) is 38.6. The average Bonchev–Trinajstić information content (AvgIpc) is 0.712. The summed E-state index contributed by atoms with van der Waals surface area (Å²) in [5, 5.41) is -0.837. The van der Waals surface area contributed by atoms with Crippen molar-refractivity contribution in [3.8, 4) is 55.9 Å². The molecule has 15 aromatic rings. The zero-order valence-corrected chi connectivity index (χ0v) is 70.5. The summed E-state index contributed by atoms with van der Waals surface area (Å²) in [6.45, 7) is 38.5. The van der Waals surface area contributed by atoms with E-state index < -0.39 is 173 Å². The van der Waals surface area contributed by atoms with Gasteiger partial charge in [0.1, 0.15) is 0 Å². The van der Waals surface area contributed by atoms with Gasteiger partial charge in [0.25, 0.3) is 6.71 Å². The van der Waals surface area contributed by atoms with E-state index >= 15 is 0 Å². The largest absolute Gasteiger partial charge is 0.310 e. The number of anilines is 6. The first-order valence-corrected chi connectivity index (χ1v) is 40.3. The standard InChI is InChI=1S/C111H117BN4/c1-105(2,3)66-71-34-30-38-76(54-71)88-60-80(110(16,17)18)61-89(77-39-31-35-72(55-77)67-106(4,5)6)103(88)115-98-64-82(113-94-46-26-22-42-84(94)85-43-23-27-47-95(85)113)50-52-92(98)112-93-53-51-83(114-96-48-28-24-44-86(96)87-45-25-29-49-97(87)114)65-99(93)116(101-59-75(70-109(13,14)15)58-100(115)102(101)112)104-90(78-40-32-36-73(56-78)68-107(7,8)9)62-81(111(19,20)21)63-91(104)79-41-33-37-74(57-79)69-108(10,11)12/h22-65H,66-70H2,1-21H3/i22D,23D,24D,25D,26D,27D,28D,29D,42D,43D,44D,45D,46D,47D,48D,49D,66D2,67D2,68D2,69D2,70D2. The average molecular weight is 1540 g/mol. The number of fused-ring (bicyclic) bond motifs is 10. The Balaban J connectivity index is 1.18. The van der Waals surface area contributed by atoms with Gasteiger partial charge < -0.3 is 18.9 Å². The number of benzene rings is 13. The first kappa shape index (κ1) is 52.7. The highest BCUT2D eigenvalue weighted by molar-refractivity contribution is 7.00. The fourth-order valence-electron chi connectivity index (χ4n) is 16.9. The van der Waals surface area contributed by atoms with Gasteiger partial charge in [-0.25, -0.2) is 0 Å². The molecular formula is C111H117BN4. The van der Waals surface area contributed by atoms with E-state index in [1.54, 1.807) is 93.6 Å². The SMILES string of the molecule is [2H]c1c([2H])c([2H])c2c(c1[2H])c1c([2H])c([2H])c([2H])c([2H])c1n2-c1ccc2c(c1)N(c1c(-c3cccc(C([2H])([2H])C(C)(C)C)c3)cc(C(C)(C)C)cc1-c1cccc(C([2H])([2H])C(C)(C)C)c1)c1cc(C([2H])([2H])C(C)(C)C)cc3c1B2c1ccc(-n2c4c([2H])c([2H])c([2H])c([2H])c4c4c([2H])c([2H])c([2H])c([2H])c42)cc1N3c1c(-c2cccc(C([2H])([2H])C(C)(C)C)c2)cc(C(C)(C)C)cc1-c1cccc(C([2H])([2H])C(C)(C)C)c1. The Morgan fingerprint density at radius 2 is 0.552 bits per heavy atom. The van der Waals surface area contributed by atoms with Crippen molar-refractivity contribution >= 4 is 101 Å². The summed E-state index contributed by atoms with van der Waals surface area (Å²) in [6, 6.07) is 41.6. The van der Waals surface area contributed by atoms with Crippen LogP contribution >= 0.6 is 0 Å². The molecule has 0 aliphatic carbocycles. The van der Waals surface area contributed by atoms with E-state index in [0.717, 1.165) is 11.1 Å². The zero-order chi connectivity index (χ0) is 105. The summed E-state index contributed by atoms with van der Waals surface area (Å²) >= 11 is 0. The molecule has 5 heteroatoms. The number of hydrogen-bond acceptors (Lipinski definition) is 2. The maximum atomic E-state index is 11.2. The van der Waals surface area contributed by atoms with Crippen LogP contribution in [-0.2, 0) is 42.7 Å². The highest BCUT2D eigenvalue weighted by Gasteiger charge is 2.47. The molecule has 0 unspecified atom stereocenters. The highest BCUT2D eigenvalue weighted by atomic mass is 15.2. The van der Waals surface area contributed by atoms with E-state index in [1.807, 2.05) is 166 Å². The van der Waals surface area contributed by atoms with Crippen LogP contribution in [0.4, 0.5) is 34.1 Å². The minimum absolute atomic E-state index is 0.0656. The molecule has 584 valence electrons.